The molecule has 0 spiro atoms. The van der Waals surface area contributed by atoms with Gasteiger partial charge in [0, 0.05) is 25.9 Å². The number of ketones is 1. The molecule has 2 aromatic rings. The Hall–Kier alpha value is -3.34. The second kappa shape index (κ2) is 11.7. The number of aryl methyl sites for hydroxylation is 1. The molecule has 1 aliphatic rings. The Kier molecular flexibility index (Phi) is 8.69. The van der Waals surface area contributed by atoms with Crippen LogP contribution in [0.4, 0.5) is 5.69 Å². The Balaban J connectivity index is 1.67. The summed E-state index contributed by atoms with van der Waals surface area (Å²) in [7, 11) is 1.60. The fourth-order valence-electron chi connectivity index (χ4n) is 4.22. The van der Waals surface area contributed by atoms with Gasteiger partial charge in [-0.1, -0.05) is 23.8 Å². The average Bonchev–Trinajstić information content (AvgIpc) is 2.85. The monoisotopic (exact) mass is 460 g/mol. The Bertz CT molecular complexity index is 1070. The molecule has 0 radical (unpaired) electrons. The van der Waals surface area contributed by atoms with Gasteiger partial charge in [-0.25, -0.2) is 0 Å². The molecule has 2 N–H and O–H groups in total. The second-order valence-corrected chi connectivity index (χ2v) is 8.73. The highest BCUT2D eigenvalue weighted by Gasteiger charge is 2.38. The van der Waals surface area contributed by atoms with Crippen LogP contribution in [0.1, 0.15) is 49.4 Å². The van der Waals surface area contributed by atoms with Gasteiger partial charge in [0.05, 0.1) is 40.3 Å². The Labute approximate surface area is 201 Å². The average molecular weight is 461 g/mol. The van der Waals surface area contributed by atoms with E-state index in [1.165, 1.54) is 6.20 Å². The first-order valence-electron chi connectivity index (χ1n) is 11.5. The van der Waals surface area contributed by atoms with Crippen molar-refractivity contribution in [1.82, 2.24) is 4.98 Å². The Morgan fingerprint density at radius 3 is 2.53 bits per heavy atom. The number of allylic oxidation sites excluding steroid dienone is 1. The van der Waals surface area contributed by atoms with Crippen LogP contribution in [0.2, 0.25) is 0 Å². The smallest absolute Gasteiger partial charge is 0.170 e. The lowest BCUT2D eigenvalue weighted by molar-refractivity contribution is -0.114. The molecule has 34 heavy (non-hydrogen) atoms. The predicted molar refractivity (Wildman–Crippen MR) is 132 cm³/mol. The van der Waals surface area contributed by atoms with E-state index in [1.807, 2.05) is 43.3 Å². The van der Waals surface area contributed by atoms with Crippen LogP contribution in [0.5, 0.6) is 0 Å². The minimum absolute atomic E-state index is 0.101. The topological polar surface area (TPSA) is 111 Å². The fraction of sp³-hybridized carbons (Fsp3) is 0.407. The molecule has 1 aromatic heterocycles. The number of nitriles is 1. The number of nitrogens with zero attached hydrogens (tertiary/aromatic N) is 3. The lowest BCUT2D eigenvalue weighted by atomic mass is 9.71. The van der Waals surface area contributed by atoms with Crippen molar-refractivity contribution in [3.63, 3.8) is 0 Å². The minimum atomic E-state index is -0.630. The van der Waals surface area contributed by atoms with Crippen molar-refractivity contribution in [2.24, 2.45) is 10.7 Å². The molecule has 0 amide bonds. The summed E-state index contributed by atoms with van der Waals surface area (Å²) in [5.41, 5.74) is 9.51. The highest BCUT2D eigenvalue weighted by atomic mass is 16.7. The maximum absolute atomic E-state index is 12.9. The molecule has 178 valence electrons. The summed E-state index contributed by atoms with van der Waals surface area (Å²) < 4.78 is 10.6. The highest BCUT2D eigenvalue weighted by Crippen LogP contribution is 2.39. The van der Waals surface area contributed by atoms with Gasteiger partial charge in [0.25, 0.3) is 0 Å². The standard InChI is InChI=1S/C27H32N4O3/c1-19-4-7-22(8-5-19)31-20(2)24(15-28)25(32)14-21-6-9-26(30-16-21)27(17-29)12-10-23(11-13-27)34-18-33-3/h4-9,15-16,23H,10-14,18,28H2,1-3H3. The number of aliphatic imine (C=N–C) groups is 1. The minimum Gasteiger partial charge on any atom is -0.404 e. The van der Waals surface area contributed by atoms with E-state index in [0.29, 0.717) is 24.1 Å². The first-order valence-corrected chi connectivity index (χ1v) is 11.5. The lowest BCUT2D eigenvalue weighted by Crippen LogP contribution is -2.34. The molecule has 3 rings (SSSR count). The van der Waals surface area contributed by atoms with E-state index in [2.05, 4.69) is 16.0 Å². The molecule has 0 atom stereocenters. The van der Waals surface area contributed by atoms with Crippen molar-refractivity contribution in [3.05, 3.63) is 71.2 Å². The Morgan fingerprint density at radius 1 is 1.26 bits per heavy atom. The lowest BCUT2D eigenvalue weighted by Gasteiger charge is -2.34. The van der Waals surface area contributed by atoms with Gasteiger partial charge in [-0.15, -0.1) is 0 Å². The summed E-state index contributed by atoms with van der Waals surface area (Å²) in [6.07, 6.45) is 6.17. The zero-order valence-corrected chi connectivity index (χ0v) is 20.1. The number of carbonyl (C=O) groups is 1. The summed E-state index contributed by atoms with van der Waals surface area (Å²) in [5, 5.41) is 9.93. The van der Waals surface area contributed by atoms with Crippen molar-refractivity contribution in [2.75, 3.05) is 13.9 Å². The van der Waals surface area contributed by atoms with Crippen LogP contribution in [0.3, 0.4) is 0 Å². The van der Waals surface area contributed by atoms with Crippen LogP contribution in [0.25, 0.3) is 0 Å². The van der Waals surface area contributed by atoms with Gasteiger partial charge in [-0.05, 0) is 63.3 Å². The van der Waals surface area contributed by atoms with E-state index in [-0.39, 0.29) is 25.1 Å². The van der Waals surface area contributed by atoms with Crippen LogP contribution >= 0.6 is 0 Å². The second-order valence-electron chi connectivity index (χ2n) is 8.73. The third-order valence-corrected chi connectivity index (χ3v) is 6.29. The maximum Gasteiger partial charge on any atom is 0.170 e. The number of hydrogen-bond donors (Lipinski definition) is 1. The summed E-state index contributed by atoms with van der Waals surface area (Å²) in [6.45, 7) is 4.05. The van der Waals surface area contributed by atoms with Gasteiger partial charge in [0.1, 0.15) is 6.79 Å². The number of carbonyl (C=O) groups excluding carboxylic acids is 1. The number of hydrogen-bond acceptors (Lipinski definition) is 7. The van der Waals surface area contributed by atoms with Crippen LogP contribution in [-0.4, -0.2) is 36.5 Å². The number of aromatic nitrogens is 1. The van der Waals surface area contributed by atoms with E-state index >= 15 is 0 Å². The summed E-state index contributed by atoms with van der Waals surface area (Å²) in [4.78, 5) is 22.0. The number of rotatable bonds is 9. The SMILES string of the molecule is COCOC1CCC(C#N)(c2ccc(CC(=O)C(=CN)C(C)=Nc3ccc(C)cc3)cn2)CC1. The van der Waals surface area contributed by atoms with Gasteiger partial charge >= 0.3 is 0 Å². The van der Waals surface area contributed by atoms with Crippen molar-refractivity contribution in [1.29, 1.82) is 5.26 Å². The highest BCUT2D eigenvalue weighted by molar-refractivity contribution is 6.22. The number of pyridine rings is 1. The van der Waals surface area contributed by atoms with Crippen LogP contribution in [0, 0.1) is 18.3 Å². The van der Waals surface area contributed by atoms with E-state index < -0.39 is 5.41 Å². The van der Waals surface area contributed by atoms with Gasteiger partial charge in [-0.3, -0.25) is 14.8 Å². The van der Waals surface area contributed by atoms with Gasteiger partial charge < -0.3 is 15.2 Å². The number of nitrogens with two attached hydrogens (primary N) is 1. The molecule has 1 aliphatic carbocycles. The molecule has 0 saturated heterocycles. The molecule has 1 aromatic carbocycles. The molecular formula is C27H32N4O3. The van der Waals surface area contributed by atoms with Crippen molar-refractivity contribution in [3.8, 4) is 6.07 Å². The molecule has 0 bridgehead atoms. The van der Waals surface area contributed by atoms with Crippen LogP contribution in [-0.2, 0) is 26.1 Å². The quantitative estimate of drug-likeness (QED) is 0.336. The number of ether oxygens (including phenoxy) is 2. The van der Waals surface area contributed by atoms with E-state index in [0.717, 1.165) is 35.3 Å². The largest absolute Gasteiger partial charge is 0.404 e. The van der Waals surface area contributed by atoms with Crippen molar-refractivity contribution >= 4 is 17.2 Å². The molecule has 1 fully saturated rings. The zero-order valence-electron chi connectivity index (χ0n) is 20.1. The van der Waals surface area contributed by atoms with Crippen LogP contribution < -0.4 is 5.73 Å². The molecule has 0 unspecified atom stereocenters. The van der Waals surface area contributed by atoms with Crippen LogP contribution in [0.15, 0.2) is 59.4 Å². The zero-order chi connectivity index (χ0) is 24.6. The predicted octanol–water partition coefficient (Wildman–Crippen LogP) is 4.46. The third-order valence-electron chi connectivity index (χ3n) is 6.29. The first kappa shape index (κ1) is 25.3. The third kappa shape index (κ3) is 6.16. The van der Waals surface area contributed by atoms with E-state index in [9.17, 15) is 10.1 Å². The maximum atomic E-state index is 12.9. The van der Waals surface area contributed by atoms with E-state index in [1.54, 1.807) is 20.2 Å². The molecule has 7 nitrogen and oxygen atoms in total. The summed E-state index contributed by atoms with van der Waals surface area (Å²) >= 11 is 0. The molecule has 1 heterocycles. The number of benzene rings is 1. The normalized spacial score (nSPS) is 21.2. The van der Waals surface area contributed by atoms with Gasteiger partial charge in [0.2, 0.25) is 0 Å². The molecular weight excluding hydrogens is 428 g/mol. The molecule has 0 aliphatic heterocycles. The molecule has 7 heteroatoms. The fourth-order valence-corrected chi connectivity index (χ4v) is 4.22. The van der Waals surface area contributed by atoms with Gasteiger partial charge in [-0.2, -0.15) is 5.26 Å². The summed E-state index contributed by atoms with van der Waals surface area (Å²) in [5.74, 6) is -0.129. The number of methoxy groups -OCH3 is 1. The van der Waals surface area contributed by atoms with E-state index in [4.69, 9.17) is 15.2 Å². The molecule has 1 saturated carbocycles. The number of Topliss-reactive ketones (excluding diaryl/α,β-unsaturated/α-hetero) is 1. The van der Waals surface area contributed by atoms with Crippen molar-refractivity contribution < 1.29 is 14.3 Å². The Morgan fingerprint density at radius 2 is 1.97 bits per heavy atom. The summed E-state index contributed by atoms with van der Waals surface area (Å²) in [6, 6.07) is 14.0. The van der Waals surface area contributed by atoms with Crippen molar-refractivity contribution in [2.45, 2.75) is 57.5 Å². The first-order chi connectivity index (χ1) is 16.4. The van der Waals surface area contributed by atoms with Gasteiger partial charge in [0.15, 0.2) is 5.78 Å².